The van der Waals surface area contributed by atoms with Crippen molar-refractivity contribution in [1.82, 2.24) is 25.3 Å². The number of likely N-dealkylation sites (tertiary alicyclic amines) is 1. The number of hydrogen-bond donors (Lipinski definition) is 2. The third-order valence-corrected chi connectivity index (χ3v) is 6.00. The first-order valence-corrected chi connectivity index (χ1v) is 10.8. The Morgan fingerprint density at radius 3 is 2.72 bits per heavy atom. The molecule has 2 amide bonds. The van der Waals surface area contributed by atoms with Crippen LogP contribution in [-0.2, 0) is 4.79 Å². The van der Waals surface area contributed by atoms with Crippen LogP contribution in [0.15, 0.2) is 24.3 Å². The SMILES string of the molecule is CC(C)n1nc(C(=O)N[C@@H]2CN[C@H](CC(=O)N3CCCCC3)C2)c2ccccc21. The van der Waals surface area contributed by atoms with Gasteiger partial charge >= 0.3 is 0 Å². The number of aromatic nitrogens is 2. The maximum Gasteiger partial charge on any atom is 0.272 e. The molecule has 2 atom stereocenters. The Labute approximate surface area is 171 Å². The van der Waals surface area contributed by atoms with Gasteiger partial charge in [-0.2, -0.15) is 5.10 Å². The van der Waals surface area contributed by atoms with Crippen LogP contribution >= 0.6 is 0 Å². The zero-order chi connectivity index (χ0) is 20.4. The number of piperidine rings is 1. The number of nitrogens with zero attached hydrogens (tertiary/aromatic N) is 3. The number of nitrogens with one attached hydrogen (secondary N) is 2. The lowest BCUT2D eigenvalue weighted by Crippen LogP contribution is -2.39. The molecule has 29 heavy (non-hydrogen) atoms. The molecule has 2 aliphatic rings. The molecule has 1 aromatic heterocycles. The highest BCUT2D eigenvalue weighted by atomic mass is 16.2. The van der Waals surface area contributed by atoms with E-state index >= 15 is 0 Å². The van der Waals surface area contributed by atoms with Gasteiger partial charge in [0.1, 0.15) is 0 Å². The highest BCUT2D eigenvalue weighted by molar-refractivity contribution is 6.05. The van der Waals surface area contributed by atoms with Gasteiger partial charge in [-0.05, 0) is 45.6 Å². The highest BCUT2D eigenvalue weighted by Crippen LogP contribution is 2.22. The van der Waals surface area contributed by atoms with E-state index in [2.05, 4.69) is 29.6 Å². The Kier molecular flexibility index (Phi) is 5.85. The molecule has 0 bridgehead atoms. The minimum absolute atomic E-state index is 0.0182. The zero-order valence-electron chi connectivity index (χ0n) is 17.4. The van der Waals surface area contributed by atoms with E-state index in [-0.39, 0.29) is 29.9 Å². The lowest BCUT2D eigenvalue weighted by atomic mass is 10.1. The molecule has 2 fully saturated rings. The summed E-state index contributed by atoms with van der Waals surface area (Å²) in [7, 11) is 0. The minimum Gasteiger partial charge on any atom is -0.347 e. The van der Waals surface area contributed by atoms with Crippen LogP contribution in [0.1, 0.15) is 62.5 Å². The second-order valence-electron chi connectivity index (χ2n) is 8.56. The van der Waals surface area contributed by atoms with E-state index < -0.39 is 0 Å². The van der Waals surface area contributed by atoms with E-state index in [1.165, 1.54) is 6.42 Å². The molecular formula is C22H31N5O2. The molecule has 0 aliphatic carbocycles. The van der Waals surface area contributed by atoms with Crippen LogP contribution in [0.5, 0.6) is 0 Å². The Bertz CT molecular complexity index is 884. The zero-order valence-corrected chi connectivity index (χ0v) is 17.4. The second kappa shape index (κ2) is 8.53. The van der Waals surface area contributed by atoms with Crippen molar-refractivity contribution >= 4 is 22.7 Å². The van der Waals surface area contributed by atoms with Crippen LogP contribution in [-0.4, -0.2) is 58.2 Å². The maximum atomic E-state index is 12.9. The molecule has 2 aliphatic heterocycles. The first-order valence-electron chi connectivity index (χ1n) is 10.8. The summed E-state index contributed by atoms with van der Waals surface area (Å²) in [5, 5.41) is 12.0. The van der Waals surface area contributed by atoms with Gasteiger partial charge in [0.05, 0.1) is 5.52 Å². The van der Waals surface area contributed by atoms with E-state index in [4.69, 9.17) is 0 Å². The van der Waals surface area contributed by atoms with E-state index in [9.17, 15) is 9.59 Å². The average Bonchev–Trinajstić information content (AvgIpc) is 3.33. The van der Waals surface area contributed by atoms with Crippen LogP contribution < -0.4 is 10.6 Å². The van der Waals surface area contributed by atoms with Crippen LogP contribution in [0.4, 0.5) is 0 Å². The molecule has 7 nitrogen and oxygen atoms in total. The maximum absolute atomic E-state index is 12.9. The number of para-hydroxylation sites is 1. The third kappa shape index (κ3) is 4.29. The summed E-state index contributed by atoms with van der Waals surface area (Å²) in [4.78, 5) is 27.4. The van der Waals surface area contributed by atoms with Gasteiger partial charge in [0.25, 0.3) is 5.91 Å². The predicted octanol–water partition coefficient (Wildman–Crippen LogP) is 2.48. The van der Waals surface area contributed by atoms with E-state index in [0.717, 1.165) is 43.3 Å². The largest absolute Gasteiger partial charge is 0.347 e. The van der Waals surface area contributed by atoms with Crippen molar-refractivity contribution < 1.29 is 9.59 Å². The molecule has 7 heteroatoms. The van der Waals surface area contributed by atoms with Crippen LogP contribution in [0.3, 0.4) is 0 Å². The fourth-order valence-corrected chi connectivity index (χ4v) is 4.47. The number of amides is 2. The summed E-state index contributed by atoms with van der Waals surface area (Å²) in [5.41, 5.74) is 1.45. The van der Waals surface area contributed by atoms with Crippen LogP contribution in [0.25, 0.3) is 10.9 Å². The van der Waals surface area contributed by atoms with Crippen molar-refractivity contribution in [2.45, 2.75) is 64.1 Å². The molecule has 4 rings (SSSR count). The lowest BCUT2D eigenvalue weighted by molar-refractivity contribution is -0.132. The van der Waals surface area contributed by atoms with Gasteiger partial charge in [0.15, 0.2) is 5.69 Å². The number of carbonyl (C=O) groups excluding carboxylic acids is 2. The number of rotatable bonds is 5. The smallest absolute Gasteiger partial charge is 0.272 e. The Hall–Kier alpha value is -2.41. The van der Waals surface area contributed by atoms with Crippen LogP contribution in [0, 0.1) is 0 Å². The second-order valence-corrected chi connectivity index (χ2v) is 8.56. The Balaban J connectivity index is 1.37. The van der Waals surface area contributed by atoms with Crippen molar-refractivity contribution in [2.24, 2.45) is 0 Å². The average molecular weight is 398 g/mol. The van der Waals surface area contributed by atoms with Crippen molar-refractivity contribution in [3.63, 3.8) is 0 Å². The fourth-order valence-electron chi connectivity index (χ4n) is 4.47. The van der Waals surface area contributed by atoms with Gasteiger partial charge in [-0.1, -0.05) is 18.2 Å². The van der Waals surface area contributed by atoms with Crippen LogP contribution in [0.2, 0.25) is 0 Å². The summed E-state index contributed by atoms with van der Waals surface area (Å²) in [6.07, 6.45) is 4.73. The first kappa shape index (κ1) is 19.9. The van der Waals surface area contributed by atoms with Crippen molar-refractivity contribution in [3.8, 4) is 0 Å². The minimum atomic E-state index is -0.143. The third-order valence-electron chi connectivity index (χ3n) is 6.00. The summed E-state index contributed by atoms with van der Waals surface area (Å²) in [5.74, 6) is 0.0891. The molecule has 2 N–H and O–H groups in total. The Morgan fingerprint density at radius 1 is 1.21 bits per heavy atom. The molecular weight excluding hydrogens is 366 g/mol. The summed E-state index contributed by atoms with van der Waals surface area (Å²) in [6.45, 7) is 6.58. The summed E-state index contributed by atoms with van der Waals surface area (Å²) < 4.78 is 1.90. The molecule has 0 unspecified atom stereocenters. The molecule has 1 aromatic carbocycles. The van der Waals surface area contributed by atoms with Crippen molar-refractivity contribution in [3.05, 3.63) is 30.0 Å². The van der Waals surface area contributed by atoms with E-state index in [1.807, 2.05) is 33.8 Å². The topological polar surface area (TPSA) is 79.3 Å². The van der Waals surface area contributed by atoms with E-state index in [1.54, 1.807) is 0 Å². The van der Waals surface area contributed by atoms with Crippen molar-refractivity contribution in [2.75, 3.05) is 19.6 Å². The molecule has 2 saturated heterocycles. The van der Waals surface area contributed by atoms with Gasteiger partial charge < -0.3 is 15.5 Å². The molecule has 0 spiro atoms. The van der Waals surface area contributed by atoms with Gasteiger partial charge in [0.2, 0.25) is 5.91 Å². The first-order chi connectivity index (χ1) is 14.0. The molecule has 0 radical (unpaired) electrons. The number of carbonyl (C=O) groups is 2. The van der Waals surface area contributed by atoms with Gasteiger partial charge in [0, 0.05) is 49.6 Å². The molecule has 2 aromatic rings. The van der Waals surface area contributed by atoms with E-state index in [0.29, 0.717) is 18.7 Å². The Morgan fingerprint density at radius 2 is 1.97 bits per heavy atom. The predicted molar refractivity (Wildman–Crippen MR) is 113 cm³/mol. The van der Waals surface area contributed by atoms with Gasteiger partial charge in [-0.15, -0.1) is 0 Å². The lowest BCUT2D eigenvalue weighted by Gasteiger charge is -2.27. The number of fused-ring (bicyclic) bond motifs is 1. The molecule has 0 saturated carbocycles. The molecule has 3 heterocycles. The standard InChI is InChI=1S/C22H31N5O2/c1-15(2)27-19-9-5-4-8-18(19)21(25-27)22(29)24-17-12-16(23-14-17)13-20(28)26-10-6-3-7-11-26/h4-5,8-9,15-17,23H,3,6-7,10-14H2,1-2H3,(H,24,29)/t16-,17-/m0/s1. The fraction of sp³-hybridized carbons (Fsp3) is 0.591. The summed E-state index contributed by atoms with van der Waals surface area (Å²) in [6, 6.07) is 8.17. The van der Waals surface area contributed by atoms with Crippen molar-refractivity contribution in [1.29, 1.82) is 0 Å². The monoisotopic (exact) mass is 397 g/mol. The van der Waals surface area contributed by atoms with Gasteiger partial charge in [-0.25, -0.2) is 0 Å². The quantitative estimate of drug-likeness (QED) is 0.812. The molecule has 156 valence electrons. The summed E-state index contributed by atoms with van der Waals surface area (Å²) >= 11 is 0. The number of benzene rings is 1. The number of hydrogen-bond acceptors (Lipinski definition) is 4. The normalized spacial score (nSPS) is 22.4. The highest BCUT2D eigenvalue weighted by Gasteiger charge is 2.30. The van der Waals surface area contributed by atoms with Gasteiger partial charge in [-0.3, -0.25) is 14.3 Å².